The van der Waals surface area contributed by atoms with E-state index in [0.717, 1.165) is 23.7 Å². The second-order valence-electron chi connectivity index (χ2n) is 8.26. The average molecular weight is 495 g/mol. The number of anilines is 3. The standard InChI is InChI=1S/C28H26N6O3/c1-20-9-10-25(31-27(37)21-6-3-2-4-7-21)23(19-34(14-16-35)15-17-36)26(20)33-28-30-13-11-24(32-28)22-8-5-12-29-18-22/h2-13,16-18H,14-15,19H2,1H3,(H,31,37)(H,30,32,33). The highest BCUT2D eigenvalue weighted by Gasteiger charge is 2.18. The summed E-state index contributed by atoms with van der Waals surface area (Å²) in [7, 11) is 0. The van der Waals surface area contributed by atoms with E-state index in [2.05, 4.69) is 25.6 Å². The van der Waals surface area contributed by atoms with Crippen LogP contribution in [0.1, 0.15) is 21.5 Å². The normalized spacial score (nSPS) is 10.6. The third-order valence-electron chi connectivity index (χ3n) is 5.70. The number of carbonyl (C=O) groups is 3. The summed E-state index contributed by atoms with van der Waals surface area (Å²) < 4.78 is 0. The Bertz CT molecular complexity index is 1370. The van der Waals surface area contributed by atoms with E-state index in [0.29, 0.717) is 34.1 Å². The van der Waals surface area contributed by atoms with Gasteiger partial charge in [0.15, 0.2) is 0 Å². The van der Waals surface area contributed by atoms with Crippen LogP contribution >= 0.6 is 0 Å². The van der Waals surface area contributed by atoms with Crippen molar-refractivity contribution in [1.29, 1.82) is 0 Å². The Morgan fingerprint density at radius 3 is 2.43 bits per heavy atom. The first-order valence-corrected chi connectivity index (χ1v) is 11.7. The zero-order chi connectivity index (χ0) is 26.0. The van der Waals surface area contributed by atoms with E-state index in [-0.39, 0.29) is 25.5 Å². The molecule has 4 rings (SSSR count). The number of hydrogen-bond acceptors (Lipinski definition) is 8. The van der Waals surface area contributed by atoms with E-state index in [1.54, 1.807) is 53.8 Å². The summed E-state index contributed by atoms with van der Waals surface area (Å²) >= 11 is 0. The van der Waals surface area contributed by atoms with Gasteiger partial charge in [0.2, 0.25) is 5.95 Å². The van der Waals surface area contributed by atoms with Gasteiger partial charge < -0.3 is 20.2 Å². The minimum absolute atomic E-state index is 0.0607. The quantitative estimate of drug-likeness (QED) is 0.300. The zero-order valence-corrected chi connectivity index (χ0v) is 20.3. The van der Waals surface area contributed by atoms with Gasteiger partial charge in [0.1, 0.15) is 12.6 Å². The van der Waals surface area contributed by atoms with Crippen LogP contribution in [0.2, 0.25) is 0 Å². The van der Waals surface area contributed by atoms with Gasteiger partial charge in [-0.2, -0.15) is 0 Å². The lowest BCUT2D eigenvalue weighted by atomic mass is 10.0. The summed E-state index contributed by atoms with van der Waals surface area (Å²) in [6.07, 6.45) is 6.56. The number of pyridine rings is 1. The van der Waals surface area contributed by atoms with Crippen molar-refractivity contribution in [2.75, 3.05) is 23.7 Å². The molecule has 0 aliphatic rings. The lowest BCUT2D eigenvalue weighted by Gasteiger charge is -2.23. The number of aryl methyl sites for hydroxylation is 1. The molecule has 0 aliphatic heterocycles. The fraction of sp³-hybridized carbons (Fsp3) is 0.143. The van der Waals surface area contributed by atoms with Gasteiger partial charge in [0.25, 0.3) is 5.91 Å². The molecule has 0 radical (unpaired) electrons. The molecular formula is C28H26N6O3. The molecule has 4 aromatic rings. The number of benzene rings is 2. The lowest BCUT2D eigenvalue weighted by molar-refractivity contribution is -0.111. The van der Waals surface area contributed by atoms with Crippen LogP contribution in [0, 0.1) is 6.92 Å². The monoisotopic (exact) mass is 494 g/mol. The van der Waals surface area contributed by atoms with Crippen molar-refractivity contribution in [2.24, 2.45) is 0 Å². The number of hydrogen-bond donors (Lipinski definition) is 2. The maximum absolute atomic E-state index is 13.0. The third-order valence-corrected chi connectivity index (χ3v) is 5.70. The second kappa shape index (κ2) is 12.3. The molecule has 0 saturated carbocycles. The topological polar surface area (TPSA) is 117 Å². The van der Waals surface area contributed by atoms with E-state index in [9.17, 15) is 14.4 Å². The highest BCUT2D eigenvalue weighted by atomic mass is 16.1. The summed E-state index contributed by atoms with van der Waals surface area (Å²) in [4.78, 5) is 50.4. The summed E-state index contributed by atoms with van der Waals surface area (Å²) in [5.74, 6) is 0.0818. The number of rotatable bonds is 11. The Labute approximate surface area is 214 Å². The van der Waals surface area contributed by atoms with Gasteiger partial charge in [0.05, 0.1) is 24.5 Å². The molecule has 9 nitrogen and oxygen atoms in total. The van der Waals surface area contributed by atoms with Crippen LogP contribution in [-0.4, -0.2) is 51.4 Å². The minimum atomic E-state index is -0.274. The Morgan fingerprint density at radius 1 is 0.946 bits per heavy atom. The number of aromatic nitrogens is 3. The van der Waals surface area contributed by atoms with Gasteiger partial charge in [0, 0.05) is 47.5 Å². The van der Waals surface area contributed by atoms with Crippen LogP contribution in [0.15, 0.2) is 79.3 Å². The van der Waals surface area contributed by atoms with E-state index >= 15 is 0 Å². The molecule has 0 spiro atoms. The predicted octanol–water partition coefficient (Wildman–Crippen LogP) is 4.04. The average Bonchev–Trinajstić information content (AvgIpc) is 2.93. The van der Waals surface area contributed by atoms with Crippen molar-refractivity contribution in [3.05, 3.63) is 95.9 Å². The molecule has 2 heterocycles. The van der Waals surface area contributed by atoms with Crippen molar-refractivity contribution < 1.29 is 14.4 Å². The van der Waals surface area contributed by atoms with Gasteiger partial charge in [-0.25, -0.2) is 9.97 Å². The first-order valence-electron chi connectivity index (χ1n) is 11.7. The van der Waals surface area contributed by atoms with Gasteiger partial charge in [-0.3, -0.25) is 14.7 Å². The first-order chi connectivity index (χ1) is 18.1. The fourth-order valence-electron chi connectivity index (χ4n) is 3.85. The summed E-state index contributed by atoms with van der Waals surface area (Å²) in [5.41, 5.74) is 4.85. The van der Waals surface area contributed by atoms with E-state index < -0.39 is 0 Å². The van der Waals surface area contributed by atoms with Crippen LogP contribution < -0.4 is 10.6 Å². The molecule has 0 saturated heterocycles. The largest absolute Gasteiger partial charge is 0.324 e. The predicted molar refractivity (Wildman–Crippen MR) is 142 cm³/mol. The van der Waals surface area contributed by atoms with Crippen molar-refractivity contribution in [3.8, 4) is 11.3 Å². The molecular weight excluding hydrogens is 468 g/mol. The number of aldehydes is 2. The van der Waals surface area contributed by atoms with Gasteiger partial charge in [-0.05, 0) is 48.9 Å². The van der Waals surface area contributed by atoms with E-state index in [1.807, 2.05) is 37.3 Å². The molecule has 186 valence electrons. The maximum atomic E-state index is 13.0. The molecule has 0 bridgehead atoms. The molecule has 0 fully saturated rings. The summed E-state index contributed by atoms with van der Waals surface area (Å²) in [6, 6.07) is 18.1. The van der Waals surface area contributed by atoms with E-state index in [4.69, 9.17) is 0 Å². The number of nitrogens with one attached hydrogen (secondary N) is 2. The smallest absolute Gasteiger partial charge is 0.255 e. The molecule has 2 aromatic carbocycles. The Hall–Kier alpha value is -4.76. The molecule has 0 aliphatic carbocycles. The van der Waals surface area contributed by atoms with Crippen molar-refractivity contribution in [1.82, 2.24) is 19.9 Å². The van der Waals surface area contributed by atoms with Crippen LogP contribution in [0.25, 0.3) is 11.3 Å². The summed E-state index contributed by atoms with van der Waals surface area (Å²) in [5, 5.41) is 6.27. The Kier molecular flexibility index (Phi) is 8.41. The van der Waals surface area contributed by atoms with Crippen molar-refractivity contribution in [3.63, 3.8) is 0 Å². The van der Waals surface area contributed by atoms with Crippen molar-refractivity contribution >= 4 is 35.8 Å². The number of amides is 1. The third kappa shape index (κ3) is 6.47. The SMILES string of the molecule is Cc1ccc(NC(=O)c2ccccc2)c(CN(CC=O)CC=O)c1Nc1nccc(-c2cccnc2)n1. The molecule has 2 N–H and O–H groups in total. The highest BCUT2D eigenvalue weighted by molar-refractivity contribution is 6.05. The minimum Gasteiger partial charge on any atom is -0.324 e. The first kappa shape index (κ1) is 25.3. The van der Waals surface area contributed by atoms with Crippen LogP contribution in [-0.2, 0) is 16.1 Å². The zero-order valence-electron chi connectivity index (χ0n) is 20.3. The summed E-state index contributed by atoms with van der Waals surface area (Å²) in [6.45, 7) is 2.27. The maximum Gasteiger partial charge on any atom is 0.255 e. The van der Waals surface area contributed by atoms with Crippen LogP contribution in [0.4, 0.5) is 17.3 Å². The molecule has 1 amide bonds. The molecule has 0 atom stereocenters. The Morgan fingerprint density at radius 2 is 1.73 bits per heavy atom. The van der Waals surface area contributed by atoms with Crippen LogP contribution in [0.3, 0.4) is 0 Å². The van der Waals surface area contributed by atoms with Gasteiger partial charge in [-0.1, -0.05) is 24.3 Å². The number of nitrogens with zero attached hydrogens (tertiary/aromatic N) is 4. The Balaban J connectivity index is 1.73. The molecule has 9 heteroatoms. The van der Waals surface area contributed by atoms with Crippen molar-refractivity contribution in [2.45, 2.75) is 13.5 Å². The molecule has 2 aromatic heterocycles. The van der Waals surface area contributed by atoms with E-state index in [1.165, 1.54) is 0 Å². The van der Waals surface area contributed by atoms with Gasteiger partial charge >= 0.3 is 0 Å². The number of carbonyl (C=O) groups excluding carboxylic acids is 3. The van der Waals surface area contributed by atoms with Crippen LogP contribution in [0.5, 0.6) is 0 Å². The highest BCUT2D eigenvalue weighted by Crippen LogP contribution is 2.32. The molecule has 37 heavy (non-hydrogen) atoms. The second-order valence-corrected chi connectivity index (χ2v) is 8.26. The lowest BCUT2D eigenvalue weighted by Crippen LogP contribution is -2.28. The van der Waals surface area contributed by atoms with Gasteiger partial charge in [-0.15, -0.1) is 0 Å². The fourth-order valence-corrected chi connectivity index (χ4v) is 3.85. The molecule has 0 unspecified atom stereocenters.